The van der Waals surface area contributed by atoms with Gasteiger partial charge in [-0.3, -0.25) is 0 Å². The lowest BCUT2D eigenvalue weighted by Gasteiger charge is -2.38. The normalized spacial score (nSPS) is 14.8. The lowest BCUT2D eigenvalue weighted by Crippen LogP contribution is -2.56. The Hall–Kier alpha value is -2.62. The fraction of sp³-hybridized carbons (Fsp3) is 0.375. The van der Waals surface area contributed by atoms with Crippen LogP contribution < -0.4 is 11.5 Å². The van der Waals surface area contributed by atoms with Gasteiger partial charge < -0.3 is 21.7 Å². The molecule has 0 heterocycles. The highest BCUT2D eigenvalue weighted by Gasteiger charge is 2.75. The maximum Gasteiger partial charge on any atom is 0.430 e. The van der Waals surface area contributed by atoms with Crippen LogP contribution in [-0.2, 0) is 11.2 Å². The van der Waals surface area contributed by atoms with Crippen molar-refractivity contribution < 1.29 is 62.9 Å². The van der Waals surface area contributed by atoms with Crippen molar-refractivity contribution in [1.82, 2.24) is 0 Å². The number of rotatable bonds is 2. The van der Waals surface area contributed by atoms with E-state index in [1.165, 1.54) is 0 Å². The molecule has 0 aliphatic heterocycles. The summed E-state index contributed by atoms with van der Waals surface area (Å²) in [6.07, 6.45) is -26.9. The molecule has 0 saturated heterocycles. The molecule has 0 bridgehead atoms. The predicted molar refractivity (Wildman–Crippen MR) is 84.8 cm³/mol. The number of anilines is 2. The summed E-state index contributed by atoms with van der Waals surface area (Å²) in [5, 5.41) is 16.2. The highest BCUT2D eigenvalue weighted by Crippen LogP contribution is 2.58. The Labute approximate surface area is 169 Å². The fourth-order valence-electron chi connectivity index (χ4n) is 3.12. The van der Waals surface area contributed by atoms with Crippen LogP contribution in [0.1, 0.15) is 11.1 Å². The standard InChI is InChI=1S/C16H10F12N2O2/c17-13(18,19)11(31,14(20,21)22)9-6(29)3-1-5-2-4-7(30)10(8(5)9)12(32,15(23,24)25)16(26,27)28/h1-4,31-32H,29-30H2. The third kappa shape index (κ3) is 3.35. The highest BCUT2D eigenvalue weighted by atomic mass is 19.4. The quantitative estimate of drug-likeness (QED) is 0.365. The predicted octanol–water partition coefficient (Wildman–Crippen LogP) is 4.63. The molecular formula is C16H10F12N2O2. The largest absolute Gasteiger partial charge is 0.430 e. The number of benzene rings is 2. The minimum absolute atomic E-state index is 0.292. The van der Waals surface area contributed by atoms with E-state index < -0.39 is 69.2 Å². The van der Waals surface area contributed by atoms with Gasteiger partial charge in [-0.1, -0.05) is 12.1 Å². The molecule has 2 aromatic carbocycles. The van der Waals surface area contributed by atoms with E-state index in [0.29, 0.717) is 24.3 Å². The van der Waals surface area contributed by atoms with Crippen LogP contribution in [0.5, 0.6) is 0 Å². The third-order valence-electron chi connectivity index (χ3n) is 4.62. The third-order valence-corrected chi connectivity index (χ3v) is 4.62. The van der Waals surface area contributed by atoms with Gasteiger partial charge in [0, 0.05) is 22.5 Å². The summed E-state index contributed by atoms with van der Waals surface area (Å²) >= 11 is 0. The second-order valence-corrected chi connectivity index (χ2v) is 6.57. The van der Waals surface area contributed by atoms with Gasteiger partial charge >= 0.3 is 24.7 Å². The number of nitrogen functional groups attached to an aromatic ring is 2. The van der Waals surface area contributed by atoms with Crippen molar-refractivity contribution in [3.63, 3.8) is 0 Å². The van der Waals surface area contributed by atoms with E-state index in [1.54, 1.807) is 0 Å². The molecular weight excluding hydrogens is 480 g/mol. The van der Waals surface area contributed by atoms with Gasteiger partial charge in [-0.05, 0) is 22.9 Å². The lowest BCUT2D eigenvalue weighted by molar-refractivity contribution is -0.376. The second kappa shape index (κ2) is 6.94. The smallest absolute Gasteiger partial charge is 0.398 e. The van der Waals surface area contributed by atoms with Gasteiger partial charge in [-0.15, -0.1) is 0 Å². The first-order chi connectivity index (χ1) is 14.0. The van der Waals surface area contributed by atoms with E-state index in [-0.39, 0.29) is 0 Å². The topological polar surface area (TPSA) is 92.5 Å². The molecule has 0 radical (unpaired) electrons. The Bertz CT molecular complexity index is 930. The Morgan fingerprint density at radius 2 is 0.750 bits per heavy atom. The van der Waals surface area contributed by atoms with Crippen LogP contribution in [0.3, 0.4) is 0 Å². The highest BCUT2D eigenvalue weighted by molar-refractivity contribution is 5.97. The van der Waals surface area contributed by atoms with Crippen molar-refractivity contribution in [2.24, 2.45) is 0 Å². The summed E-state index contributed by atoms with van der Waals surface area (Å²) in [5.74, 6) is 0. The van der Waals surface area contributed by atoms with Gasteiger partial charge in [-0.2, -0.15) is 52.7 Å². The van der Waals surface area contributed by atoms with Crippen LogP contribution in [0.4, 0.5) is 64.1 Å². The van der Waals surface area contributed by atoms with Crippen LogP contribution in [0, 0.1) is 0 Å². The molecule has 16 heteroatoms. The number of aliphatic hydroxyl groups is 2. The fourth-order valence-corrected chi connectivity index (χ4v) is 3.12. The number of nitrogens with two attached hydrogens (primary N) is 2. The molecule has 0 unspecified atom stereocenters. The first-order valence-electron chi connectivity index (χ1n) is 7.86. The van der Waals surface area contributed by atoms with Crippen LogP contribution in [-0.4, -0.2) is 34.9 Å². The zero-order chi connectivity index (χ0) is 25.3. The monoisotopic (exact) mass is 490 g/mol. The van der Waals surface area contributed by atoms with Gasteiger partial charge in [0.25, 0.3) is 11.2 Å². The number of fused-ring (bicyclic) bond motifs is 1. The average molecular weight is 490 g/mol. The van der Waals surface area contributed by atoms with Crippen molar-refractivity contribution in [2.45, 2.75) is 35.9 Å². The van der Waals surface area contributed by atoms with E-state index in [9.17, 15) is 62.9 Å². The summed E-state index contributed by atoms with van der Waals surface area (Å²) in [5.41, 5.74) is -10.4. The SMILES string of the molecule is Nc1ccc2ccc(N)c(C(O)(C(F)(F)F)C(F)(F)F)c2c1C(O)(C(F)(F)F)C(F)(F)F. The van der Waals surface area contributed by atoms with E-state index in [0.717, 1.165) is 0 Å². The number of hydrogen-bond acceptors (Lipinski definition) is 4. The Kier molecular flexibility index (Phi) is 5.56. The van der Waals surface area contributed by atoms with Gasteiger partial charge in [0.2, 0.25) is 0 Å². The summed E-state index contributed by atoms with van der Waals surface area (Å²) in [7, 11) is 0. The molecule has 0 aliphatic rings. The number of hydrogen-bond donors (Lipinski definition) is 4. The minimum Gasteiger partial charge on any atom is -0.398 e. The first-order valence-corrected chi connectivity index (χ1v) is 7.86. The van der Waals surface area contributed by atoms with E-state index >= 15 is 0 Å². The maximum absolute atomic E-state index is 13.4. The summed E-state index contributed by atoms with van der Waals surface area (Å²) in [6, 6.07) is 1.55. The van der Waals surface area contributed by atoms with Gasteiger partial charge in [0.15, 0.2) is 0 Å². The van der Waals surface area contributed by atoms with E-state index in [4.69, 9.17) is 11.5 Å². The van der Waals surface area contributed by atoms with Gasteiger partial charge in [0.05, 0.1) is 0 Å². The number of halogens is 12. The molecule has 0 aromatic heterocycles. The summed E-state index contributed by atoms with van der Waals surface area (Å²) < 4.78 is 161. The molecule has 180 valence electrons. The molecule has 0 saturated carbocycles. The van der Waals surface area contributed by atoms with Crippen molar-refractivity contribution in [2.75, 3.05) is 11.5 Å². The van der Waals surface area contributed by atoms with Crippen molar-refractivity contribution in [3.05, 3.63) is 35.4 Å². The molecule has 0 aliphatic carbocycles. The molecule has 32 heavy (non-hydrogen) atoms. The molecule has 2 rings (SSSR count). The van der Waals surface area contributed by atoms with Crippen LogP contribution in [0.2, 0.25) is 0 Å². The summed E-state index contributed by atoms with van der Waals surface area (Å²) in [4.78, 5) is 0. The lowest BCUT2D eigenvalue weighted by atomic mass is 9.79. The second-order valence-electron chi connectivity index (χ2n) is 6.57. The van der Waals surface area contributed by atoms with Crippen molar-refractivity contribution in [3.8, 4) is 0 Å². The molecule has 4 nitrogen and oxygen atoms in total. The van der Waals surface area contributed by atoms with Gasteiger partial charge in [-0.25, -0.2) is 0 Å². The molecule has 0 fully saturated rings. The van der Waals surface area contributed by atoms with E-state index in [1.807, 2.05) is 0 Å². The van der Waals surface area contributed by atoms with Gasteiger partial charge in [0.1, 0.15) is 0 Å². The molecule has 0 spiro atoms. The van der Waals surface area contributed by atoms with Crippen LogP contribution >= 0.6 is 0 Å². The molecule has 2 aromatic rings. The van der Waals surface area contributed by atoms with Crippen molar-refractivity contribution >= 4 is 22.1 Å². The zero-order valence-electron chi connectivity index (χ0n) is 14.9. The summed E-state index contributed by atoms with van der Waals surface area (Å²) in [6.45, 7) is 0. The Balaban J connectivity index is 3.34. The molecule has 0 amide bonds. The molecule has 6 N–H and O–H groups in total. The maximum atomic E-state index is 13.4. The Morgan fingerprint density at radius 1 is 0.500 bits per heavy atom. The number of alkyl halides is 12. The van der Waals surface area contributed by atoms with E-state index in [2.05, 4.69) is 0 Å². The van der Waals surface area contributed by atoms with Crippen LogP contribution in [0.25, 0.3) is 10.8 Å². The van der Waals surface area contributed by atoms with Crippen LogP contribution in [0.15, 0.2) is 24.3 Å². The van der Waals surface area contributed by atoms with Crippen molar-refractivity contribution in [1.29, 1.82) is 0 Å². The average Bonchev–Trinajstić information content (AvgIpc) is 2.56. The first kappa shape index (κ1) is 25.6. The molecule has 0 atom stereocenters. The Morgan fingerprint density at radius 3 is 0.969 bits per heavy atom. The zero-order valence-corrected chi connectivity index (χ0v) is 14.9. The minimum atomic E-state index is -6.73.